The lowest BCUT2D eigenvalue weighted by atomic mass is 10.1. The van der Waals surface area contributed by atoms with E-state index in [1.54, 1.807) is 24.2 Å². The van der Waals surface area contributed by atoms with Gasteiger partial charge in [0, 0.05) is 30.2 Å². The number of halogens is 1. The Morgan fingerprint density at radius 1 is 1.22 bits per heavy atom. The molecule has 0 bridgehead atoms. The molecule has 0 saturated carbocycles. The van der Waals surface area contributed by atoms with Crippen LogP contribution in [0.1, 0.15) is 12.8 Å². The molecule has 2 aromatic heterocycles. The predicted octanol–water partition coefficient (Wildman–Crippen LogP) is 3.06. The van der Waals surface area contributed by atoms with Crippen molar-refractivity contribution in [2.24, 2.45) is 0 Å². The number of hydrogen-bond donors (Lipinski definition) is 1. The van der Waals surface area contributed by atoms with Gasteiger partial charge in [0.2, 0.25) is 0 Å². The highest BCUT2D eigenvalue weighted by atomic mass is 19.1. The number of amides is 1. The molecule has 0 radical (unpaired) electrons. The molecule has 1 saturated heterocycles. The van der Waals surface area contributed by atoms with Crippen LogP contribution in [-0.4, -0.2) is 45.6 Å². The first-order chi connectivity index (χ1) is 15.5. The molecular formula is C23H20FN5O3. The van der Waals surface area contributed by atoms with Crippen LogP contribution < -0.4 is 10.5 Å². The predicted molar refractivity (Wildman–Crippen MR) is 117 cm³/mol. The average molecular weight is 433 g/mol. The Morgan fingerprint density at radius 3 is 2.78 bits per heavy atom. The van der Waals surface area contributed by atoms with Gasteiger partial charge in [-0.05, 0) is 61.4 Å². The van der Waals surface area contributed by atoms with Crippen LogP contribution in [0.2, 0.25) is 0 Å². The van der Waals surface area contributed by atoms with Crippen molar-refractivity contribution in [3.8, 4) is 16.9 Å². The number of nitrogens with one attached hydrogen (secondary N) is 1. The first kappa shape index (κ1) is 20.1. The fourth-order valence-corrected chi connectivity index (χ4v) is 3.83. The van der Waals surface area contributed by atoms with Gasteiger partial charge in [0.25, 0.3) is 11.5 Å². The van der Waals surface area contributed by atoms with E-state index < -0.39 is 0 Å². The van der Waals surface area contributed by atoms with E-state index in [-0.39, 0.29) is 23.4 Å². The number of benzene rings is 2. The molecule has 1 N–H and O–H groups in total. The summed E-state index contributed by atoms with van der Waals surface area (Å²) in [7, 11) is 1.72. The van der Waals surface area contributed by atoms with Gasteiger partial charge >= 0.3 is 0 Å². The summed E-state index contributed by atoms with van der Waals surface area (Å²) in [6.07, 6.45) is 2.88. The van der Waals surface area contributed by atoms with Gasteiger partial charge in [-0.15, -0.1) is 5.10 Å². The first-order valence-electron chi connectivity index (χ1n) is 10.2. The number of likely N-dealkylation sites (N-methyl/N-ethyl adjacent to an activating group) is 1. The number of hydrogen-bond acceptors (Lipinski definition) is 5. The molecule has 0 aliphatic carbocycles. The van der Waals surface area contributed by atoms with Gasteiger partial charge < -0.3 is 14.6 Å². The van der Waals surface area contributed by atoms with Crippen molar-refractivity contribution < 1.29 is 13.9 Å². The molecule has 1 fully saturated rings. The normalized spacial score (nSPS) is 15.9. The third kappa shape index (κ3) is 3.67. The Balaban J connectivity index is 1.40. The summed E-state index contributed by atoms with van der Waals surface area (Å²) in [5.41, 5.74) is 2.34. The number of H-pyrrole nitrogens is 1. The molecule has 1 aliphatic rings. The van der Waals surface area contributed by atoms with Gasteiger partial charge in [-0.25, -0.2) is 9.07 Å². The van der Waals surface area contributed by atoms with E-state index in [0.717, 1.165) is 18.5 Å². The smallest absolute Gasteiger partial charge is 0.258 e. The lowest BCUT2D eigenvalue weighted by Gasteiger charge is -2.20. The molecule has 1 amide bonds. The number of ether oxygens (including phenoxy) is 1. The highest BCUT2D eigenvalue weighted by molar-refractivity contribution is 5.96. The van der Waals surface area contributed by atoms with Gasteiger partial charge in [0.05, 0.1) is 17.4 Å². The number of fused-ring (bicyclic) bond motifs is 1. The number of carbonyl (C=O) groups excluding carboxylic acids is 1. The number of anilines is 1. The van der Waals surface area contributed by atoms with Gasteiger partial charge in [0.1, 0.15) is 17.6 Å². The minimum Gasteiger partial charge on any atom is -0.368 e. The van der Waals surface area contributed by atoms with Crippen molar-refractivity contribution in [3.05, 3.63) is 70.9 Å². The minimum atomic E-state index is -0.387. The highest BCUT2D eigenvalue weighted by Gasteiger charge is 2.27. The number of rotatable bonds is 4. The molecule has 4 aromatic rings. The van der Waals surface area contributed by atoms with Crippen molar-refractivity contribution in [2.45, 2.75) is 18.9 Å². The third-order valence-corrected chi connectivity index (χ3v) is 5.61. The SMILES string of the molecule is CN(C(=O)[C@H]1CCCO1)c1ccc(-n2cc(-c3cc4cc(F)ccc4[nH]c3=O)nn2)cc1. The number of nitrogens with zero attached hydrogens (tertiary/aromatic N) is 4. The van der Waals surface area contributed by atoms with Crippen LogP contribution in [0.5, 0.6) is 0 Å². The second kappa shape index (κ2) is 8.01. The second-order valence-electron chi connectivity index (χ2n) is 7.71. The van der Waals surface area contributed by atoms with Crippen LogP contribution in [0.15, 0.2) is 59.5 Å². The fraction of sp³-hybridized carbons (Fsp3) is 0.217. The zero-order valence-corrected chi connectivity index (χ0v) is 17.3. The monoisotopic (exact) mass is 433 g/mol. The zero-order valence-electron chi connectivity index (χ0n) is 17.3. The zero-order chi connectivity index (χ0) is 22.2. The maximum Gasteiger partial charge on any atom is 0.258 e. The van der Waals surface area contributed by atoms with E-state index in [2.05, 4.69) is 15.3 Å². The topological polar surface area (TPSA) is 93.1 Å². The van der Waals surface area contributed by atoms with Crippen LogP contribution in [0, 0.1) is 5.82 Å². The van der Waals surface area contributed by atoms with E-state index in [0.29, 0.717) is 34.5 Å². The summed E-state index contributed by atoms with van der Waals surface area (Å²) in [6, 6.07) is 13.0. The Hall–Kier alpha value is -3.85. The Bertz CT molecular complexity index is 1360. The lowest BCUT2D eigenvalue weighted by molar-refractivity contribution is -0.127. The van der Waals surface area contributed by atoms with E-state index >= 15 is 0 Å². The van der Waals surface area contributed by atoms with Crippen molar-refractivity contribution in [1.82, 2.24) is 20.0 Å². The van der Waals surface area contributed by atoms with Crippen LogP contribution in [0.25, 0.3) is 27.8 Å². The highest BCUT2D eigenvalue weighted by Crippen LogP contribution is 2.22. The van der Waals surface area contributed by atoms with E-state index in [1.165, 1.54) is 22.9 Å². The number of aromatic nitrogens is 4. The molecule has 8 nitrogen and oxygen atoms in total. The summed E-state index contributed by atoms with van der Waals surface area (Å²) >= 11 is 0. The van der Waals surface area contributed by atoms with Gasteiger partial charge in [-0.3, -0.25) is 9.59 Å². The quantitative estimate of drug-likeness (QED) is 0.534. The maximum atomic E-state index is 13.6. The largest absolute Gasteiger partial charge is 0.368 e. The van der Waals surface area contributed by atoms with E-state index in [4.69, 9.17) is 4.74 Å². The minimum absolute atomic E-state index is 0.0646. The molecular weight excluding hydrogens is 413 g/mol. The molecule has 0 unspecified atom stereocenters. The molecule has 9 heteroatoms. The average Bonchev–Trinajstić information content (AvgIpc) is 3.51. The molecule has 3 heterocycles. The number of pyridine rings is 1. The first-order valence-corrected chi connectivity index (χ1v) is 10.2. The third-order valence-electron chi connectivity index (χ3n) is 5.61. The summed E-state index contributed by atoms with van der Waals surface area (Å²) in [5, 5.41) is 8.79. The van der Waals surface area contributed by atoms with Crippen LogP contribution in [-0.2, 0) is 9.53 Å². The Labute approximate surface area is 182 Å². The van der Waals surface area contributed by atoms with Gasteiger partial charge in [-0.1, -0.05) is 5.21 Å². The fourth-order valence-electron chi connectivity index (χ4n) is 3.83. The molecule has 2 aromatic carbocycles. The summed E-state index contributed by atoms with van der Waals surface area (Å²) in [6.45, 7) is 0.618. The molecule has 1 aliphatic heterocycles. The summed E-state index contributed by atoms with van der Waals surface area (Å²) in [5.74, 6) is -0.451. The standard InChI is InChI=1S/C23H20FN5O3/c1-28(23(31)21-3-2-10-32-21)16-5-7-17(8-6-16)29-13-20(26-27-29)18-12-14-11-15(24)4-9-19(14)25-22(18)30/h4-9,11-13,21H,2-3,10H2,1H3,(H,25,30)/t21-/m1/s1. The van der Waals surface area contributed by atoms with E-state index in [9.17, 15) is 14.0 Å². The molecule has 0 spiro atoms. The number of carbonyl (C=O) groups is 1. The molecule has 32 heavy (non-hydrogen) atoms. The molecule has 1 atom stereocenters. The van der Waals surface area contributed by atoms with Gasteiger partial charge in [0.15, 0.2) is 0 Å². The van der Waals surface area contributed by atoms with Crippen molar-refractivity contribution in [3.63, 3.8) is 0 Å². The van der Waals surface area contributed by atoms with E-state index in [1.807, 2.05) is 24.3 Å². The molecule has 162 valence electrons. The van der Waals surface area contributed by atoms with Crippen molar-refractivity contribution in [1.29, 1.82) is 0 Å². The summed E-state index contributed by atoms with van der Waals surface area (Å²) < 4.78 is 20.6. The Kier molecular flexibility index (Phi) is 5.02. The summed E-state index contributed by atoms with van der Waals surface area (Å²) in [4.78, 5) is 29.3. The number of aromatic amines is 1. The van der Waals surface area contributed by atoms with Gasteiger partial charge in [-0.2, -0.15) is 0 Å². The van der Waals surface area contributed by atoms with Crippen LogP contribution in [0.4, 0.5) is 10.1 Å². The van der Waals surface area contributed by atoms with Crippen LogP contribution in [0.3, 0.4) is 0 Å². The Morgan fingerprint density at radius 2 is 2.03 bits per heavy atom. The maximum absolute atomic E-state index is 13.6. The second-order valence-corrected chi connectivity index (χ2v) is 7.71. The lowest BCUT2D eigenvalue weighted by Crippen LogP contribution is -2.35. The molecule has 5 rings (SSSR count). The van der Waals surface area contributed by atoms with Crippen LogP contribution >= 0.6 is 0 Å². The van der Waals surface area contributed by atoms with Crippen molar-refractivity contribution >= 4 is 22.5 Å². The van der Waals surface area contributed by atoms with Crippen molar-refractivity contribution in [2.75, 3.05) is 18.6 Å².